The number of benzene rings is 1. The van der Waals surface area contributed by atoms with Gasteiger partial charge in [-0.2, -0.15) is 0 Å². The van der Waals surface area contributed by atoms with Crippen molar-refractivity contribution in [3.8, 4) is 12.0 Å². The lowest BCUT2D eigenvalue weighted by atomic mass is 9.98. The van der Waals surface area contributed by atoms with E-state index < -0.39 is 0 Å². The van der Waals surface area contributed by atoms with Gasteiger partial charge in [-0.25, -0.2) is 0 Å². The topological polar surface area (TPSA) is 40.6 Å². The zero-order valence-electron chi connectivity index (χ0n) is 11.4. The van der Waals surface area contributed by atoms with E-state index in [0.29, 0.717) is 18.4 Å². The fourth-order valence-corrected chi connectivity index (χ4v) is 2.03. The second-order valence-electron chi connectivity index (χ2n) is 4.76. The van der Waals surface area contributed by atoms with Gasteiger partial charge in [-0.15, -0.1) is 0 Å². The van der Waals surface area contributed by atoms with Gasteiger partial charge in [-0.05, 0) is 36.1 Å². The third-order valence-corrected chi connectivity index (χ3v) is 3.08. The maximum Gasteiger partial charge on any atom is 0.237 e. The lowest BCUT2D eigenvalue weighted by Crippen LogP contribution is -2.31. The molecule has 0 saturated heterocycles. The summed E-state index contributed by atoms with van der Waals surface area (Å²) in [6, 6.07) is 8.09. The lowest BCUT2D eigenvalue weighted by Gasteiger charge is -2.25. The standard InChI is InChI=1S/C15H16N2O2/c1-16(2)9-8-14(18)12-4-6-13-11(10-12)5-7-15(19)17(13)3/h4,6,10H,5,7H2,1-3H3. The van der Waals surface area contributed by atoms with Gasteiger partial charge in [0.25, 0.3) is 0 Å². The number of carbonyl (C=O) groups is 2. The summed E-state index contributed by atoms with van der Waals surface area (Å²) in [4.78, 5) is 26.8. The van der Waals surface area contributed by atoms with Crippen molar-refractivity contribution in [2.45, 2.75) is 12.8 Å². The first kappa shape index (κ1) is 13.2. The normalized spacial score (nSPS) is 13.4. The Kier molecular flexibility index (Phi) is 3.57. The van der Waals surface area contributed by atoms with Gasteiger partial charge in [0.05, 0.1) is 0 Å². The molecule has 0 N–H and O–H groups in total. The van der Waals surface area contributed by atoms with E-state index in [0.717, 1.165) is 11.3 Å². The Morgan fingerprint density at radius 2 is 2.05 bits per heavy atom. The van der Waals surface area contributed by atoms with Crippen LogP contribution in [0.3, 0.4) is 0 Å². The van der Waals surface area contributed by atoms with Gasteiger partial charge in [0.1, 0.15) is 0 Å². The van der Waals surface area contributed by atoms with Crippen molar-refractivity contribution >= 4 is 17.4 Å². The monoisotopic (exact) mass is 256 g/mol. The second-order valence-corrected chi connectivity index (χ2v) is 4.76. The molecule has 0 atom stereocenters. The Morgan fingerprint density at radius 3 is 2.74 bits per heavy atom. The highest BCUT2D eigenvalue weighted by atomic mass is 16.2. The fourth-order valence-electron chi connectivity index (χ4n) is 2.03. The fraction of sp³-hybridized carbons (Fsp3) is 0.333. The van der Waals surface area contributed by atoms with Crippen LogP contribution < -0.4 is 4.90 Å². The lowest BCUT2D eigenvalue weighted by molar-refractivity contribution is -0.118. The maximum absolute atomic E-state index is 11.9. The molecule has 0 bridgehead atoms. The summed E-state index contributed by atoms with van der Waals surface area (Å²) in [6.07, 6.45) is 1.17. The van der Waals surface area contributed by atoms with Crippen LogP contribution in [-0.4, -0.2) is 37.7 Å². The van der Waals surface area contributed by atoms with Crippen LogP contribution in [0.2, 0.25) is 0 Å². The van der Waals surface area contributed by atoms with Gasteiger partial charge in [0.15, 0.2) is 0 Å². The van der Waals surface area contributed by atoms with Gasteiger partial charge in [-0.1, -0.05) is 0 Å². The molecule has 1 aliphatic heterocycles. The molecule has 19 heavy (non-hydrogen) atoms. The van der Waals surface area contributed by atoms with Crippen LogP contribution >= 0.6 is 0 Å². The molecule has 0 unspecified atom stereocenters. The Morgan fingerprint density at radius 1 is 1.32 bits per heavy atom. The minimum absolute atomic E-state index is 0.110. The summed E-state index contributed by atoms with van der Waals surface area (Å²) >= 11 is 0. The molecule has 0 aromatic heterocycles. The van der Waals surface area contributed by atoms with E-state index in [1.54, 1.807) is 37.0 Å². The SMILES string of the molecule is CN(C)C#CC(=O)c1ccc2c(c1)CCC(=O)N2C. The Bertz CT molecular complexity index is 594. The maximum atomic E-state index is 11.9. The number of hydrogen-bond donors (Lipinski definition) is 0. The largest absolute Gasteiger partial charge is 0.338 e. The van der Waals surface area contributed by atoms with Crippen LogP contribution in [0, 0.1) is 12.0 Å². The highest BCUT2D eigenvalue weighted by Gasteiger charge is 2.21. The van der Waals surface area contributed by atoms with E-state index in [1.807, 2.05) is 12.1 Å². The number of nitrogens with zero attached hydrogens (tertiary/aromatic N) is 2. The summed E-state index contributed by atoms with van der Waals surface area (Å²) in [5, 5.41) is 0. The van der Waals surface area contributed by atoms with Crippen LogP contribution in [0.5, 0.6) is 0 Å². The van der Waals surface area contributed by atoms with Crippen molar-refractivity contribution in [3.05, 3.63) is 29.3 Å². The number of ketones is 1. The minimum Gasteiger partial charge on any atom is -0.338 e. The number of anilines is 1. The molecule has 0 spiro atoms. The molecule has 1 heterocycles. The average Bonchev–Trinajstić information content (AvgIpc) is 2.40. The molecule has 0 radical (unpaired) electrons. The van der Waals surface area contributed by atoms with Crippen molar-refractivity contribution in [1.82, 2.24) is 4.90 Å². The van der Waals surface area contributed by atoms with E-state index in [1.165, 1.54) is 0 Å². The van der Waals surface area contributed by atoms with Crippen molar-refractivity contribution in [2.24, 2.45) is 0 Å². The smallest absolute Gasteiger partial charge is 0.237 e. The quantitative estimate of drug-likeness (QED) is 0.432. The van der Waals surface area contributed by atoms with Crippen molar-refractivity contribution < 1.29 is 9.59 Å². The van der Waals surface area contributed by atoms with Crippen LogP contribution in [0.4, 0.5) is 5.69 Å². The predicted molar refractivity (Wildman–Crippen MR) is 74.0 cm³/mol. The molecule has 4 nitrogen and oxygen atoms in total. The average molecular weight is 256 g/mol. The van der Waals surface area contributed by atoms with Gasteiger partial charge in [0.2, 0.25) is 11.7 Å². The summed E-state index contributed by atoms with van der Waals surface area (Å²) in [5.74, 6) is 2.49. The van der Waals surface area contributed by atoms with E-state index in [-0.39, 0.29) is 11.7 Å². The Balaban J connectivity index is 2.30. The molecule has 1 aliphatic rings. The molecular weight excluding hydrogens is 240 g/mol. The third kappa shape index (κ3) is 2.76. The minimum atomic E-state index is -0.198. The molecular formula is C15H16N2O2. The molecule has 4 heteroatoms. The number of fused-ring (bicyclic) bond motifs is 1. The number of amides is 1. The molecule has 2 rings (SSSR count). The summed E-state index contributed by atoms with van der Waals surface area (Å²) in [7, 11) is 5.33. The van der Waals surface area contributed by atoms with Crippen LogP contribution in [0.15, 0.2) is 18.2 Å². The van der Waals surface area contributed by atoms with Crippen molar-refractivity contribution in [3.63, 3.8) is 0 Å². The predicted octanol–water partition coefficient (Wildman–Crippen LogP) is 1.30. The number of hydrogen-bond acceptors (Lipinski definition) is 3. The summed E-state index contributed by atoms with van der Waals surface area (Å²) in [5.41, 5.74) is 2.49. The molecule has 0 aliphatic carbocycles. The van der Waals surface area contributed by atoms with Crippen LogP contribution in [0.1, 0.15) is 22.3 Å². The first-order chi connectivity index (χ1) is 8.99. The highest BCUT2D eigenvalue weighted by molar-refractivity contribution is 6.09. The zero-order valence-corrected chi connectivity index (χ0v) is 11.4. The Hall–Kier alpha value is -2.28. The van der Waals surface area contributed by atoms with Gasteiger partial charge < -0.3 is 9.80 Å². The molecule has 1 aromatic rings. The van der Waals surface area contributed by atoms with Crippen molar-refractivity contribution in [1.29, 1.82) is 0 Å². The molecule has 1 amide bonds. The van der Waals surface area contributed by atoms with E-state index in [2.05, 4.69) is 12.0 Å². The Labute approximate surface area is 113 Å². The zero-order chi connectivity index (χ0) is 14.0. The van der Waals surface area contributed by atoms with Gasteiger partial charge in [-0.3, -0.25) is 9.59 Å². The van der Waals surface area contributed by atoms with Crippen LogP contribution in [0.25, 0.3) is 0 Å². The van der Waals surface area contributed by atoms with Crippen molar-refractivity contribution in [2.75, 3.05) is 26.0 Å². The molecule has 98 valence electrons. The first-order valence-electron chi connectivity index (χ1n) is 6.12. The van der Waals surface area contributed by atoms with Gasteiger partial charge in [0, 0.05) is 44.9 Å². The second kappa shape index (κ2) is 5.15. The first-order valence-corrected chi connectivity index (χ1v) is 6.12. The summed E-state index contributed by atoms with van der Waals surface area (Å²) in [6.45, 7) is 0. The van der Waals surface area contributed by atoms with E-state index in [4.69, 9.17) is 0 Å². The number of rotatable bonds is 1. The number of carbonyl (C=O) groups excluding carboxylic acids is 2. The van der Waals surface area contributed by atoms with E-state index in [9.17, 15) is 9.59 Å². The molecule has 0 fully saturated rings. The number of Topliss-reactive ketones (excluding diaryl/α,β-unsaturated/α-hetero) is 1. The van der Waals surface area contributed by atoms with Crippen LogP contribution in [-0.2, 0) is 11.2 Å². The third-order valence-electron chi connectivity index (χ3n) is 3.08. The molecule has 1 aromatic carbocycles. The summed E-state index contributed by atoms with van der Waals surface area (Å²) < 4.78 is 0. The number of aryl methyl sites for hydroxylation is 1. The highest BCUT2D eigenvalue weighted by Crippen LogP contribution is 2.27. The van der Waals surface area contributed by atoms with E-state index >= 15 is 0 Å². The molecule has 0 saturated carbocycles. The van der Waals surface area contributed by atoms with Gasteiger partial charge >= 0.3 is 0 Å².